The van der Waals surface area contributed by atoms with E-state index in [4.69, 9.17) is 5.11 Å². The van der Waals surface area contributed by atoms with Gasteiger partial charge in [-0.25, -0.2) is 0 Å². The highest BCUT2D eigenvalue weighted by Crippen LogP contribution is 2.39. The van der Waals surface area contributed by atoms with Crippen molar-refractivity contribution in [2.24, 2.45) is 11.8 Å². The first-order valence-electron chi connectivity index (χ1n) is 4.05. The van der Waals surface area contributed by atoms with E-state index in [1.54, 1.807) is 11.9 Å². The topological polar surface area (TPSA) is 57.6 Å². The summed E-state index contributed by atoms with van der Waals surface area (Å²) < 4.78 is 0. The molecule has 0 aromatic rings. The molecule has 1 N–H and O–H groups in total. The first kappa shape index (κ1) is 9.03. The van der Waals surface area contributed by atoms with Crippen LogP contribution in [0.3, 0.4) is 0 Å². The number of hydrogen-bond acceptors (Lipinski definition) is 2. The summed E-state index contributed by atoms with van der Waals surface area (Å²) in [5.74, 6) is -1.57. The molecule has 1 aliphatic rings. The number of nitrogens with zero attached hydrogens (tertiary/aromatic N) is 1. The Bertz CT molecular complexity index is 214. The van der Waals surface area contributed by atoms with Crippen LogP contribution in [-0.2, 0) is 9.59 Å². The zero-order valence-electron chi connectivity index (χ0n) is 7.28. The summed E-state index contributed by atoms with van der Waals surface area (Å²) in [6.07, 6.45) is 0.512. The van der Waals surface area contributed by atoms with Gasteiger partial charge in [0.2, 0.25) is 5.91 Å². The molecule has 2 unspecified atom stereocenters. The second-order valence-electron chi connectivity index (χ2n) is 3.14. The van der Waals surface area contributed by atoms with E-state index in [0.717, 1.165) is 0 Å². The van der Waals surface area contributed by atoms with Crippen molar-refractivity contribution in [2.45, 2.75) is 13.3 Å². The zero-order chi connectivity index (χ0) is 9.30. The van der Waals surface area contributed by atoms with Gasteiger partial charge in [-0.05, 0) is 13.3 Å². The minimum Gasteiger partial charge on any atom is -0.481 e. The van der Waals surface area contributed by atoms with Crippen LogP contribution in [-0.4, -0.2) is 35.5 Å². The maximum atomic E-state index is 11.3. The standard InChI is InChI=1S/C8H13NO3/c1-3-9(2)7(10)5-4-6(5)8(11)12/h5-6H,3-4H2,1-2H3,(H,11,12). The molecular weight excluding hydrogens is 158 g/mol. The van der Waals surface area contributed by atoms with E-state index in [2.05, 4.69) is 0 Å². The number of carbonyl (C=O) groups excluding carboxylic acids is 1. The summed E-state index contributed by atoms with van der Waals surface area (Å²) in [6.45, 7) is 2.51. The van der Waals surface area contributed by atoms with Crippen LogP contribution < -0.4 is 0 Å². The van der Waals surface area contributed by atoms with Crippen LogP contribution in [0, 0.1) is 11.8 Å². The van der Waals surface area contributed by atoms with Gasteiger partial charge < -0.3 is 10.0 Å². The molecule has 0 saturated heterocycles. The van der Waals surface area contributed by atoms with Gasteiger partial charge in [-0.15, -0.1) is 0 Å². The average molecular weight is 171 g/mol. The van der Waals surface area contributed by atoms with Crippen molar-refractivity contribution in [3.8, 4) is 0 Å². The molecule has 2 atom stereocenters. The molecule has 1 fully saturated rings. The predicted octanol–water partition coefficient (Wildman–Crippen LogP) is 0.185. The minimum absolute atomic E-state index is 0.0371. The quantitative estimate of drug-likeness (QED) is 0.659. The lowest BCUT2D eigenvalue weighted by molar-refractivity contribution is -0.141. The Hall–Kier alpha value is -1.06. The van der Waals surface area contributed by atoms with E-state index in [-0.39, 0.29) is 11.8 Å². The first-order valence-corrected chi connectivity index (χ1v) is 4.05. The normalized spacial score (nSPS) is 26.5. The number of carbonyl (C=O) groups is 2. The van der Waals surface area contributed by atoms with Crippen molar-refractivity contribution >= 4 is 11.9 Å². The van der Waals surface area contributed by atoms with Crippen molar-refractivity contribution in [3.05, 3.63) is 0 Å². The molecule has 0 radical (unpaired) electrons. The van der Waals surface area contributed by atoms with E-state index in [1.165, 1.54) is 0 Å². The number of hydrogen-bond donors (Lipinski definition) is 1. The molecule has 1 amide bonds. The highest BCUT2D eigenvalue weighted by atomic mass is 16.4. The van der Waals surface area contributed by atoms with Crippen LogP contribution in [0.2, 0.25) is 0 Å². The van der Waals surface area contributed by atoms with Gasteiger partial charge in [0.1, 0.15) is 0 Å². The molecule has 0 spiro atoms. The molecule has 1 rings (SSSR count). The third kappa shape index (κ3) is 1.57. The van der Waals surface area contributed by atoms with Crippen molar-refractivity contribution in [1.29, 1.82) is 0 Å². The fourth-order valence-electron chi connectivity index (χ4n) is 1.18. The summed E-state index contributed by atoms with van der Waals surface area (Å²) in [5, 5.41) is 8.56. The molecule has 12 heavy (non-hydrogen) atoms. The Labute approximate surface area is 71.2 Å². The first-order chi connectivity index (χ1) is 5.57. The van der Waals surface area contributed by atoms with E-state index >= 15 is 0 Å². The zero-order valence-corrected chi connectivity index (χ0v) is 7.28. The Kier molecular flexibility index (Phi) is 2.35. The molecular formula is C8H13NO3. The minimum atomic E-state index is -0.849. The molecule has 68 valence electrons. The summed E-state index contributed by atoms with van der Waals surface area (Å²) in [4.78, 5) is 23.3. The third-order valence-corrected chi connectivity index (χ3v) is 2.28. The van der Waals surface area contributed by atoms with Gasteiger partial charge in [0, 0.05) is 13.6 Å². The van der Waals surface area contributed by atoms with Crippen molar-refractivity contribution in [3.63, 3.8) is 0 Å². The number of carboxylic acid groups (broad SMARTS) is 1. The van der Waals surface area contributed by atoms with Gasteiger partial charge in [0.15, 0.2) is 0 Å². The smallest absolute Gasteiger partial charge is 0.307 e. The Morgan fingerprint density at radius 1 is 1.50 bits per heavy atom. The van der Waals surface area contributed by atoms with E-state index < -0.39 is 11.9 Å². The van der Waals surface area contributed by atoms with Gasteiger partial charge in [0.05, 0.1) is 11.8 Å². The highest BCUT2D eigenvalue weighted by Gasteiger charge is 2.49. The van der Waals surface area contributed by atoms with Crippen LogP contribution >= 0.6 is 0 Å². The molecule has 0 heterocycles. The molecule has 0 aliphatic heterocycles. The average Bonchev–Trinajstić information content (AvgIpc) is 2.80. The van der Waals surface area contributed by atoms with Crippen LogP contribution in [0.1, 0.15) is 13.3 Å². The van der Waals surface area contributed by atoms with Gasteiger partial charge in [0.25, 0.3) is 0 Å². The van der Waals surface area contributed by atoms with Crippen LogP contribution in [0.4, 0.5) is 0 Å². The summed E-state index contributed by atoms with van der Waals surface area (Å²) in [5.41, 5.74) is 0. The predicted molar refractivity (Wildman–Crippen MR) is 42.5 cm³/mol. The lowest BCUT2D eigenvalue weighted by Crippen LogP contribution is -2.28. The highest BCUT2D eigenvalue weighted by molar-refractivity contribution is 5.89. The third-order valence-electron chi connectivity index (χ3n) is 2.28. The number of aliphatic carboxylic acids is 1. The van der Waals surface area contributed by atoms with Crippen LogP contribution in [0.25, 0.3) is 0 Å². The van der Waals surface area contributed by atoms with E-state index in [0.29, 0.717) is 13.0 Å². The lowest BCUT2D eigenvalue weighted by atomic mass is 10.3. The maximum absolute atomic E-state index is 11.3. The fourth-order valence-corrected chi connectivity index (χ4v) is 1.18. The van der Waals surface area contributed by atoms with Gasteiger partial charge >= 0.3 is 5.97 Å². The summed E-state index contributed by atoms with van der Waals surface area (Å²) >= 11 is 0. The number of rotatable bonds is 3. The second kappa shape index (κ2) is 3.13. The second-order valence-corrected chi connectivity index (χ2v) is 3.14. The summed E-state index contributed by atoms with van der Waals surface area (Å²) in [6, 6.07) is 0. The number of amides is 1. The van der Waals surface area contributed by atoms with Crippen molar-refractivity contribution in [2.75, 3.05) is 13.6 Å². The van der Waals surface area contributed by atoms with Gasteiger partial charge in [-0.2, -0.15) is 0 Å². The van der Waals surface area contributed by atoms with E-state index in [9.17, 15) is 9.59 Å². The molecule has 1 saturated carbocycles. The molecule has 4 nitrogen and oxygen atoms in total. The molecule has 1 aliphatic carbocycles. The fraction of sp³-hybridized carbons (Fsp3) is 0.750. The van der Waals surface area contributed by atoms with Crippen molar-refractivity contribution in [1.82, 2.24) is 4.90 Å². The van der Waals surface area contributed by atoms with E-state index in [1.807, 2.05) is 6.92 Å². The van der Waals surface area contributed by atoms with Crippen LogP contribution in [0.15, 0.2) is 0 Å². The largest absolute Gasteiger partial charge is 0.481 e. The maximum Gasteiger partial charge on any atom is 0.307 e. The monoisotopic (exact) mass is 171 g/mol. The number of carboxylic acids is 1. The molecule has 0 aromatic heterocycles. The molecule has 0 aromatic carbocycles. The summed E-state index contributed by atoms with van der Waals surface area (Å²) in [7, 11) is 1.69. The van der Waals surface area contributed by atoms with Gasteiger partial charge in [-0.1, -0.05) is 0 Å². The molecule has 0 bridgehead atoms. The molecule has 4 heteroatoms. The van der Waals surface area contributed by atoms with Crippen molar-refractivity contribution < 1.29 is 14.7 Å². The lowest BCUT2D eigenvalue weighted by Gasteiger charge is -2.13. The SMILES string of the molecule is CCN(C)C(=O)C1CC1C(=O)O. The Balaban J connectivity index is 2.43. The van der Waals surface area contributed by atoms with Gasteiger partial charge in [-0.3, -0.25) is 9.59 Å². The Morgan fingerprint density at radius 3 is 2.42 bits per heavy atom. The Morgan fingerprint density at radius 2 is 2.08 bits per heavy atom. The van der Waals surface area contributed by atoms with Crippen LogP contribution in [0.5, 0.6) is 0 Å².